The van der Waals surface area contributed by atoms with Crippen LogP contribution in [0.1, 0.15) is 33.4 Å². The minimum atomic E-state index is -0.449. The van der Waals surface area contributed by atoms with E-state index in [0.717, 1.165) is 22.1 Å². The lowest BCUT2D eigenvalue weighted by atomic mass is 9.76. The molecule has 6 heteroatoms. The van der Waals surface area contributed by atoms with Crippen LogP contribution >= 0.6 is 0 Å². The summed E-state index contributed by atoms with van der Waals surface area (Å²) in [6, 6.07) is 8.15. The van der Waals surface area contributed by atoms with Gasteiger partial charge in [-0.15, -0.1) is 0 Å². The minimum absolute atomic E-state index is 0.272. The van der Waals surface area contributed by atoms with E-state index in [1.807, 2.05) is 52.9 Å². The summed E-state index contributed by atoms with van der Waals surface area (Å²) >= 11 is 0. The largest absolute Gasteiger partial charge is 0.495 e. The molecule has 114 valence electrons. The predicted octanol–water partition coefficient (Wildman–Crippen LogP) is 1.94. The highest BCUT2D eigenvalue weighted by Crippen LogP contribution is 2.37. The smallest absolute Gasteiger partial charge is 0.399 e. The van der Waals surface area contributed by atoms with Crippen molar-refractivity contribution in [2.24, 2.45) is 7.05 Å². The molecule has 0 saturated carbocycles. The summed E-state index contributed by atoms with van der Waals surface area (Å²) in [5.41, 5.74) is 1.91. The average Bonchev–Trinajstić information content (AvgIpc) is 2.85. The Labute approximate surface area is 131 Å². The highest BCUT2D eigenvalue weighted by atomic mass is 16.7. The SMILES string of the molecule is Cn1nc(CC#N)c2c(B3OC(C)(C)C(C)(C)O3)cccc21. The number of fused-ring (bicyclic) bond motifs is 1. The molecule has 0 unspecified atom stereocenters. The van der Waals surface area contributed by atoms with Crippen molar-refractivity contribution in [3.63, 3.8) is 0 Å². The molecule has 22 heavy (non-hydrogen) atoms. The van der Waals surface area contributed by atoms with E-state index >= 15 is 0 Å². The van der Waals surface area contributed by atoms with Gasteiger partial charge in [0.25, 0.3) is 0 Å². The van der Waals surface area contributed by atoms with Crippen LogP contribution in [0.15, 0.2) is 18.2 Å². The van der Waals surface area contributed by atoms with Gasteiger partial charge in [0, 0.05) is 12.4 Å². The van der Waals surface area contributed by atoms with Gasteiger partial charge in [-0.3, -0.25) is 4.68 Å². The van der Waals surface area contributed by atoms with Gasteiger partial charge in [-0.2, -0.15) is 10.4 Å². The Kier molecular flexibility index (Phi) is 3.31. The number of nitriles is 1. The average molecular weight is 297 g/mol. The molecule has 0 radical (unpaired) electrons. The standard InChI is InChI=1S/C16H20BN3O2/c1-15(2)16(3,4)22-17(21-15)11-7-6-8-13-14(11)12(9-10-18)19-20(13)5/h6-8H,9H2,1-5H3. The number of benzene rings is 1. The van der Waals surface area contributed by atoms with E-state index in [4.69, 9.17) is 14.6 Å². The Hall–Kier alpha value is -1.84. The van der Waals surface area contributed by atoms with Crippen molar-refractivity contribution in [1.82, 2.24) is 9.78 Å². The zero-order chi connectivity index (χ0) is 16.1. The topological polar surface area (TPSA) is 60.1 Å². The Morgan fingerprint density at radius 1 is 1.23 bits per heavy atom. The first-order valence-corrected chi connectivity index (χ1v) is 7.44. The zero-order valence-electron chi connectivity index (χ0n) is 13.7. The summed E-state index contributed by atoms with van der Waals surface area (Å²) in [6.45, 7) is 8.14. The van der Waals surface area contributed by atoms with E-state index in [1.165, 1.54) is 0 Å². The number of aryl methyl sites for hydroxylation is 1. The molecule has 2 aromatic rings. The fraction of sp³-hybridized carbons (Fsp3) is 0.500. The van der Waals surface area contributed by atoms with Crippen LogP contribution in [0.5, 0.6) is 0 Å². The maximum Gasteiger partial charge on any atom is 0.495 e. The second kappa shape index (κ2) is 4.84. The molecule has 0 spiro atoms. The van der Waals surface area contributed by atoms with Crippen LogP contribution in [0.4, 0.5) is 0 Å². The Morgan fingerprint density at radius 2 is 1.86 bits per heavy atom. The van der Waals surface area contributed by atoms with Crippen LogP contribution in [0.25, 0.3) is 10.9 Å². The van der Waals surface area contributed by atoms with Crippen molar-refractivity contribution in [1.29, 1.82) is 5.26 Å². The molecule has 0 atom stereocenters. The third-order valence-corrected chi connectivity index (χ3v) is 4.74. The Balaban J connectivity index is 2.15. The quantitative estimate of drug-likeness (QED) is 0.795. The maximum absolute atomic E-state index is 9.05. The van der Waals surface area contributed by atoms with Crippen molar-refractivity contribution < 1.29 is 9.31 Å². The molecule has 0 aliphatic carbocycles. The van der Waals surface area contributed by atoms with Gasteiger partial charge in [0.2, 0.25) is 0 Å². The number of hydrogen-bond donors (Lipinski definition) is 0. The summed E-state index contributed by atoms with van der Waals surface area (Å²) in [7, 11) is 1.44. The zero-order valence-corrected chi connectivity index (χ0v) is 13.7. The van der Waals surface area contributed by atoms with Crippen LogP contribution in [-0.2, 0) is 22.8 Å². The second-order valence-electron chi connectivity index (χ2n) is 6.73. The third-order valence-electron chi connectivity index (χ3n) is 4.74. The van der Waals surface area contributed by atoms with Gasteiger partial charge < -0.3 is 9.31 Å². The van der Waals surface area contributed by atoms with Gasteiger partial charge in [0.05, 0.1) is 34.9 Å². The number of aromatic nitrogens is 2. The van der Waals surface area contributed by atoms with Gasteiger partial charge in [-0.1, -0.05) is 12.1 Å². The molecular weight excluding hydrogens is 277 g/mol. The van der Waals surface area contributed by atoms with Gasteiger partial charge in [-0.05, 0) is 39.2 Å². The lowest BCUT2D eigenvalue weighted by molar-refractivity contribution is 0.00578. The van der Waals surface area contributed by atoms with Crippen LogP contribution in [-0.4, -0.2) is 28.1 Å². The molecule has 1 fully saturated rings. The van der Waals surface area contributed by atoms with Crippen molar-refractivity contribution in [3.8, 4) is 6.07 Å². The monoisotopic (exact) mass is 297 g/mol. The molecule has 1 aliphatic rings. The molecule has 1 saturated heterocycles. The minimum Gasteiger partial charge on any atom is -0.399 e. The van der Waals surface area contributed by atoms with Gasteiger partial charge >= 0.3 is 7.12 Å². The van der Waals surface area contributed by atoms with Crippen molar-refractivity contribution in [2.45, 2.75) is 45.3 Å². The summed E-state index contributed by atoms with van der Waals surface area (Å²) < 4.78 is 14.1. The fourth-order valence-corrected chi connectivity index (χ4v) is 2.79. The Bertz CT molecular complexity index is 758. The van der Waals surface area contributed by atoms with Crippen molar-refractivity contribution >= 4 is 23.5 Å². The highest BCUT2D eigenvalue weighted by Gasteiger charge is 2.52. The van der Waals surface area contributed by atoms with Crippen LogP contribution in [0, 0.1) is 11.3 Å². The second-order valence-corrected chi connectivity index (χ2v) is 6.73. The molecule has 0 bridgehead atoms. The molecular formula is C16H20BN3O2. The fourth-order valence-electron chi connectivity index (χ4n) is 2.79. The van der Waals surface area contributed by atoms with E-state index in [-0.39, 0.29) is 6.42 Å². The van der Waals surface area contributed by atoms with E-state index in [1.54, 1.807) is 4.68 Å². The van der Waals surface area contributed by atoms with Crippen molar-refractivity contribution in [3.05, 3.63) is 23.9 Å². The molecule has 1 aromatic carbocycles. The predicted molar refractivity (Wildman–Crippen MR) is 85.7 cm³/mol. The summed E-state index contributed by atoms with van der Waals surface area (Å²) in [6.07, 6.45) is 0.272. The van der Waals surface area contributed by atoms with Gasteiger partial charge in [0.15, 0.2) is 0 Å². The lowest BCUT2D eigenvalue weighted by Crippen LogP contribution is -2.41. The number of hydrogen-bond acceptors (Lipinski definition) is 4. The van der Waals surface area contributed by atoms with E-state index in [9.17, 15) is 0 Å². The number of nitrogens with zero attached hydrogens (tertiary/aromatic N) is 3. The van der Waals surface area contributed by atoms with Crippen LogP contribution < -0.4 is 5.46 Å². The Morgan fingerprint density at radius 3 is 2.45 bits per heavy atom. The number of rotatable bonds is 2. The van der Waals surface area contributed by atoms with E-state index in [0.29, 0.717) is 0 Å². The van der Waals surface area contributed by atoms with Crippen LogP contribution in [0.2, 0.25) is 0 Å². The molecule has 5 nitrogen and oxygen atoms in total. The first-order valence-electron chi connectivity index (χ1n) is 7.44. The molecule has 2 heterocycles. The van der Waals surface area contributed by atoms with Crippen LogP contribution in [0.3, 0.4) is 0 Å². The lowest BCUT2D eigenvalue weighted by Gasteiger charge is -2.32. The van der Waals surface area contributed by atoms with E-state index in [2.05, 4.69) is 11.2 Å². The molecule has 1 aromatic heterocycles. The highest BCUT2D eigenvalue weighted by molar-refractivity contribution is 6.65. The van der Waals surface area contributed by atoms with Crippen molar-refractivity contribution in [2.75, 3.05) is 0 Å². The molecule has 3 rings (SSSR count). The van der Waals surface area contributed by atoms with Gasteiger partial charge in [-0.25, -0.2) is 0 Å². The first-order chi connectivity index (χ1) is 10.3. The first kappa shape index (κ1) is 15.1. The normalized spacial score (nSPS) is 19.5. The molecule has 0 N–H and O–H groups in total. The molecule has 1 aliphatic heterocycles. The third kappa shape index (κ3) is 2.13. The van der Waals surface area contributed by atoms with Gasteiger partial charge in [0.1, 0.15) is 0 Å². The maximum atomic E-state index is 9.05. The summed E-state index contributed by atoms with van der Waals surface area (Å²) in [4.78, 5) is 0. The van der Waals surface area contributed by atoms with E-state index < -0.39 is 18.3 Å². The molecule has 0 amide bonds. The summed E-state index contributed by atoms with van der Waals surface area (Å²) in [5.74, 6) is 0. The summed E-state index contributed by atoms with van der Waals surface area (Å²) in [5, 5.41) is 14.5.